The number of nitrogens with zero attached hydrogens (tertiary/aromatic N) is 2. The molecule has 1 atom stereocenters. The minimum atomic E-state index is 0.175. The van der Waals surface area contributed by atoms with E-state index in [0.717, 1.165) is 26.1 Å². The number of benzene rings is 1. The number of aryl methyl sites for hydroxylation is 1. The quantitative estimate of drug-likeness (QED) is 0.721. The van der Waals surface area contributed by atoms with Gasteiger partial charge in [0, 0.05) is 54.1 Å². The van der Waals surface area contributed by atoms with E-state index >= 15 is 0 Å². The van der Waals surface area contributed by atoms with Crippen LogP contribution in [-0.2, 0) is 17.9 Å². The number of pyridine rings is 1. The van der Waals surface area contributed by atoms with E-state index in [1.54, 1.807) is 0 Å². The Hall–Kier alpha value is -2.24. The Bertz CT molecular complexity index is 906. The molecule has 1 fully saturated rings. The number of hydrogen-bond donors (Lipinski definition) is 1. The fourth-order valence-electron chi connectivity index (χ4n) is 3.70. The molecule has 4 nitrogen and oxygen atoms in total. The summed E-state index contributed by atoms with van der Waals surface area (Å²) >= 11 is 1.86. The third-order valence-corrected chi connectivity index (χ3v) is 6.10. The van der Waals surface area contributed by atoms with Gasteiger partial charge in [0.1, 0.15) is 0 Å². The van der Waals surface area contributed by atoms with Crippen LogP contribution in [0.5, 0.6) is 0 Å². The van der Waals surface area contributed by atoms with E-state index in [2.05, 4.69) is 52.5 Å². The van der Waals surface area contributed by atoms with Crippen LogP contribution in [0.4, 0.5) is 0 Å². The smallest absolute Gasteiger partial charge is 0.220 e. The van der Waals surface area contributed by atoms with Crippen molar-refractivity contribution in [1.29, 1.82) is 0 Å². The molecule has 1 aromatic carbocycles. The molecule has 26 heavy (non-hydrogen) atoms. The van der Waals surface area contributed by atoms with Crippen LogP contribution in [-0.4, -0.2) is 28.4 Å². The number of carbonyl (C=O) groups excluding carboxylic acids is 1. The van der Waals surface area contributed by atoms with Gasteiger partial charge in [-0.3, -0.25) is 14.7 Å². The first-order valence-corrected chi connectivity index (χ1v) is 9.88. The van der Waals surface area contributed by atoms with Crippen LogP contribution in [0.3, 0.4) is 0 Å². The number of carbonyl (C=O) groups is 1. The summed E-state index contributed by atoms with van der Waals surface area (Å²) in [6.45, 7) is 4.80. The lowest BCUT2D eigenvalue weighted by molar-refractivity contribution is -0.119. The summed E-state index contributed by atoms with van der Waals surface area (Å²) in [6.07, 6.45) is 5.30. The zero-order valence-electron chi connectivity index (χ0n) is 14.9. The van der Waals surface area contributed by atoms with Crippen LogP contribution in [0, 0.1) is 6.92 Å². The SMILES string of the molecule is Cc1sc2ccccc2c1CN(Cc1cccnc1)C[C@@H]1CCC(=O)N1. The van der Waals surface area contributed by atoms with Crippen molar-refractivity contribution in [2.24, 2.45) is 0 Å². The van der Waals surface area contributed by atoms with E-state index in [1.165, 1.54) is 26.1 Å². The highest BCUT2D eigenvalue weighted by Gasteiger charge is 2.24. The third-order valence-electron chi connectivity index (χ3n) is 4.97. The molecular formula is C21H23N3OS. The molecule has 3 aromatic rings. The van der Waals surface area contributed by atoms with E-state index in [9.17, 15) is 4.79 Å². The second-order valence-corrected chi connectivity index (χ2v) is 8.22. The maximum absolute atomic E-state index is 11.6. The van der Waals surface area contributed by atoms with Gasteiger partial charge in [-0.25, -0.2) is 0 Å². The average molecular weight is 366 g/mol. The summed E-state index contributed by atoms with van der Waals surface area (Å²) in [5.74, 6) is 0.175. The van der Waals surface area contributed by atoms with Crippen molar-refractivity contribution in [3.8, 4) is 0 Å². The molecule has 1 N–H and O–H groups in total. The van der Waals surface area contributed by atoms with Crippen molar-refractivity contribution < 1.29 is 4.79 Å². The second-order valence-electron chi connectivity index (χ2n) is 6.97. The van der Waals surface area contributed by atoms with Crippen molar-refractivity contribution in [3.63, 3.8) is 0 Å². The monoisotopic (exact) mass is 365 g/mol. The summed E-state index contributed by atoms with van der Waals surface area (Å²) in [5, 5.41) is 4.46. The molecule has 1 aliphatic rings. The fourth-order valence-corrected chi connectivity index (χ4v) is 4.78. The van der Waals surface area contributed by atoms with Crippen molar-refractivity contribution in [3.05, 3.63) is 64.8 Å². The van der Waals surface area contributed by atoms with E-state index in [-0.39, 0.29) is 11.9 Å². The maximum Gasteiger partial charge on any atom is 0.220 e. The summed E-state index contributed by atoms with van der Waals surface area (Å²) < 4.78 is 1.34. The number of nitrogens with one attached hydrogen (secondary N) is 1. The standard InChI is InChI=1S/C21H23N3OS/c1-15-19(18-6-2-3-7-20(18)26-15)14-24(12-16-5-4-10-22-11-16)13-17-8-9-21(25)23-17/h2-7,10-11,17H,8-9,12-14H2,1H3,(H,23,25)/t17-/m0/s1. The van der Waals surface area contributed by atoms with Crippen molar-refractivity contribution in [2.45, 2.75) is 38.9 Å². The average Bonchev–Trinajstić information content (AvgIpc) is 3.19. The molecule has 0 spiro atoms. The lowest BCUT2D eigenvalue weighted by Gasteiger charge is -2.26. The van der Waals surface area contributed by atoms with Gasteiger partial charge in [0.05, 0.1) is 0 Å². The van der Waals surface area contributed by atoms with Gasteiger partial charge in [0.2, 0.25) is 5.91 Å². The van der Waals surface area contributed by atoms with Crippen LogP contribution in [0.25, 0.3) is 10.1 Å². The van der Waals surface area contributed by atoms with Crippen LogP contribution >= 0.6 is 11.3 Å². The van der Waals surface area contributed by atoms with Gasteiger partial charge in [-0.05, 0) is 42.0 Å². The van der Waals surface area contributed by atoms with Crippen LogP contribution in [0.2, 0.25) is 0 Å². The Morgan fingerprint density at radius 1 is 1.23 bits per heavy atom. The molecule has 2 aromatic heterocycles. The van der Waals surface area contributed by atoms with Crippen LogP contribution in [0.15, 0.2) is 48.8 Å². The van der Waals surface area contributed by atoms with Crippen molar-refractivity contribution in [2.75, 3.05) is 6.54 Å². The molecule has 0 saturated carbocycles. The molecule has 0 radical (unpaired) electrons. The predicted octanol–water partition coefficient (Wildman–Crippen LogP) is 3.89. The summed E-state index contributed by atoms with van der Waals surface area (Å²) in [7, 11) is 0. The fraction of sp³-hybridized carbons (Fsp3) is 0.333. The molecule has 0 aliphatic carbocycles. The maximum atomic E-state index is 11.6. The lowest BCUT2D eigenvalue weighted by atomic mass is 10.1. The number of rotatable bonds is 6. The Morgan fingerprint density at radius 3 is 2.88 bits per heavy atom. The highest BCUT2D eigenvalue weighted by atomic mass is 32.1. The molecule has 3 heterocycles. The summed E-state index contributed by atoms with van der Waals surface area (Å²) in [6, 6.07) is 13.0. The Morgan fingerprint density at radius 2 is 2.12 bits per heavy atom. The zero-order chi connectivity index (χ0) is 17.9. The van der Waals surface area contributed by atoms with Crippen LogP contribution in [0.1, 0.15) is 28.8 Å². The Labute approximate surface area is 157 Å². The number of aromatic nitrogens is 1. The van der Waals surface area contributed by atoms with E-state index < -0.39 is 0 Å². The van der Waals surface area contributed by atoms with Crippen LogP contribution < -0.4 is 5.32 Å². The highest BCUT2D eigenvalue weighted by Crippen LogP contribution is 2.32. The molecule has 134 valence electrons. The van der Waals surface area contributed by atoms with Crippen molar-refractivity contribution >= 4 is 27.3 Å². The predicted molar refractivity (Wildman–Crippen MR) is 106 cm³/mol. The normalized spacial score (nSPS) is 17.2. The van der Waals surface area contributed by atoms with Crippen molar-refractivity contribution in [1.82, 2.24) is 15.2 Å². The first-order chi connectivity index (χ1) is 12.7. The second kappa shape index (κ2) is 7.56. The third kappa shape index (κ3) is 3.79. The van der Waals surface area contributed by atoms with E-state index in [4.69, 9.17) is 0 Å². The molecule has 0 unspecified atom stereocenters. The minimum absolute atomic E-state index is 0.175. The van der Waals surface area contributed by atoms with E-state index in [1.807, 2.05) is 29.8 Å². The Kier molecular flexibility index (Phi) is 5.00. The topological polar surface area (TPSA) is 45.2 Å². The van der Waals surface area contributed by atoms with Gasteiger partial charge in [-0.2, -0.15) is 0 Å². The molecular weight excluding hydrogens is 342 g/mol. The molecule has 1 aliphatic heterocycles. The van der Waals surface area contributed by atoms with E-state index in [0.29, 0.717) is 6.42 Å². The first kappa shape index (κ1) is 17.2. The minimum Gasteiger partial charge on any atom is -0.352 e. The number of hydrogen-bond acceptors (Lipinski definition) is 4. The first-order valence-electron chi connectivity index (χ1n) is 9.06. The van der Waals surface area contributed by atoms with Gasteiger partial charge in [-0.15, -0.1) is 11.3 Å². The van der Waals surface area contributed by atoms with Gasteiger partial charge < -0.3 is 5.32 Å². The molecule has 4 rings (SSSR count). The molecule has 1 amide bonds. The Balaban J connectivity index is 1.59. The largest absolute Gasteiger partial charge is 0.352 e. The molecule has 0 bridgehead atoms. The number of thiophene rings is 1. The molecule has 5 heteroatoms. The van der Waals surface area contributed by atoms with Gasteiger partial charge in [0.15, 0.2) is 0 Å². The van der Waals surface area contributed by atoms with Gasteiger partial charge >= 0.3 is 0 Å². The lowest BCUT2D eigenvalue weighted by Crippen LogP contribution is -2.38. The number of amides is 1. The zero-order valence-corrected chi connectivity index (χ0v) is 15.8. The van der Waals surface area contributed by atoms with Gasteiger partial charge in [0.25, 0.3) is 0 Å². The molecule has 1 saturated heterocycles. The number of fused-ring (bicyclic) bond motifs is 1. The van der Waals surface area contributed by atoms with Gasteiger partial charge in [-0.1, -0.05) is 24.3 Å². The highest BCUT2D eigenvalue weighted by molar-refractivity contribution is 7.19. The summed E-state index contributed by atoms with van der Waals surface area (Å²) in [5.41, 5.74) is 2.60. The summed E-state index contributed by atoms with van der Waals surface area (Å²) in [4.78, 5) is 19.7.